The first-order valence-electron chi connectivity index (χ1n) is 7.36. The summed E-state index contributed by atoms with van der Waals surface area (Å²) in [4.78, 5) is 13.3. The lowest BCUT2D eigenvalue weighted by Crippen LogP contribution is -2.58. The second kappa shape index (κ2) is 4.84. The van der Waals surface area contributed by atoms with Gasteiger partial charge in [0.1, 0.15) is 0 Å². The molecule has 1 aromatic heterocycles. The second-order valence-electron chi connectivity index (χ2n) is 6.75. The van der Waals surface area contributed by atoms with Crippen LogP contribution in [0.4, 0.5) is 0 Å². The number of hydrogen-bond donors (Lipinski definition) is 1. The van der Waals surface area contributed by atoms with Crippen LogP contribution in [0.1, 0.15) is 56.1 Å². The quantitative estimate of drug-likeness (QED) is 0.913. The maximum atomic E-state index is 10.8. The molecule has 1 aliphatic carbocycles. The smallest absolute Gasteiger partial charge is 0.358 e. The van der Waals surface area contributed by atoms with Crippen LogP contribution < -0.4 is 0 Å². The molecule has 1 saturated heterocycles. The summed E-state index contributed by atoms with van der Waals surface area (Å²) in [5.74, 6) is -1.01. The zero-order valence-electron chi connectivity index (χ0n) is 12.1. The molecule has 6 heteroatoms. The first-order valence-corrected chi connectivity index (χ1v) is 7.36. The summed E-state index contributed by atoms with van der Waals surface area (Å²) in [6, 6.07) is 0.920. The lowest BCUT2D eigenvalue weighted by molar-refractivity contribution is -0.0244. The van der Waals surface area contributed by atoms with Gasteiger partial charge in [-0.1, -0.05) is 31.9 Å². The predicted molar refractivity (Wildman–Crippen MR) is 73.6 cm³/mol. The van der Waals surface area contributed by atoms with E-state index in [0.717, 1.165) is 13.1 Å². The van der Waals surface area contributed by atoms with Crippen molar-refractivity contribution in [1.29, 1.82) is 0 Å². The highest BCUT2D eigenvalue weighted by atomic mass is 16.4. The molecular weight excluding hydrogens is 256 g/mol. The Kier molecular flexibility index (Phi) is 3.28. The first-order chi connectivity index (χ1) is 9.47. The molecule has 1 unspecified atom stereocenters. The molecule has 1 atom stereocenters. The molecule has 3 rings (SSSR count). The number of rotatable bonds is 3. The van der Waals surface area contributed by atoms with Crippen LogP contribution in [0.3, 0.4) is 0 Å². The minimum atomic E-state index is -1.01. The average molecular weight is 278 g/mol. The van der Waals surface area contributed by atoms with Crippen molar-refractivity contribution in [3.63, 3.8) is 0 Å². The number of nitrogens with zero attached hydrogens (tertiary/aromatic N) is 4. The fourth-order valence-electron chi connectivity index (χ4n) is 3.62. The van der Waals surface area contributed by atoms with Gasteiger partial charge in [0.25, 0.3) is 0 Å². The topological polar surface area (TPSA) is 71.2 Å². The molecule has 0 bridgehead atoms. The fraction of sp³-hybridized carbons (Fsp3) is 0.786. The monoisotopic (exact) mass is 278 g/mol. The standard InChI is InChI=1S/C14H22N4O2/c1-14(2)6-4-3-5-12(14)17-7-10(8-17)18-9-11(13(19)20)15-16-18/h9-10,12H,3-8H2,1-2H3,(H,19,20). The van der Waals surface area contributed by atoms with Crippen LogP contribution in [0.25, 0.3) is 0 Å². The normalized spacial score (nSPS) is 27.2. The molecule has 20 heavy (non-hydrogen) atoms. The molecule has 1 aromatic rings. The van der Waals surface area contributed by atoms with Crippen molar-refractivity contribution in [1.82, 2.24) is 19.9 Å². The molecule has 0 radical (unpaired) electrons. The van der Waals surface area contributed by atoms with Gasteiger partial charge in [-0.15, -0.1) is 5.10 Å². The maximum absolute atomic E-state index is 10.8. The highest BCUT2D eigenvalue weighted by Crippen LogP contribution is 2.41. The zero-order valence-corrected chi connectivity index (χ0v) is 12.1. The van der Waals surface area contributed by atoms with E-state index in [-0.39, 0.29) is 11.7 Å². The predicted octanol–water partition coefficient (Wildman–Crippen LogP) is 1.80. The van der Waals surface area contributed by atoms with Gasteiger partial charge in [0.15, 0.2) is 5.69 Å². The van der Waals surface area contributed by atoms with Crippen molar-refractivity contribution >= 4 is 5.97 Å². The highest BCUT2D eigenvalue weighted by molar-refractivity contribution is 5.84. The summed E-state index contributed by atoms with van der Waals surface area (Å²) in [5, 5.41) is 16.5. The fourth-order valence-corrected chi connectivity index (χ4v) is 3.62. The number of carboxylic acid groups (broad SMARTS) is 1. The van der Waals surface area contributed by atoms with Crippen LogP contribution in [0.2, 0.25) is 0 Å². The van der Waals surface area contributed by atoms with Crippen LogP contribution in [-0.4, -0.2) is 50.1 Å². The number of aromatic carboxylic acids is 1. The lowest BCUT2D eigenvalue weighted by Gasteiger charge is -2.51. The molecular formula is C14H22N4O2. The van der Waals surface area contributed by atoms with Crippen molar-refractivity contribution in [2.24, 2.45) is 5.41 Å². The Balaban J connectivity index is 1.61. The Hall–Kier alpha value is -1.43. The Morgan fingerprint density at radius 1 is 1.40 bits per heavy atom. The van der Waals surface area contributed by atoms with E-state index < -0.39 is 5.97 Å². The van der Waals surface area contributed by atoms with Crippen LogP contribution in [0.15, 0.2) is 6.20 Å². The average Bonchev–Trinajstić information content (AvgIpc) is 2.78. The molecule has 0 amide bonds. The van der Waals surface area contributed by atoms with Gasteiger partial charge in [0.05, 0.1) is 12.2 Å². The van der Waals surface area contributed by atoms with E-state index in [4.69, 9.17) is 5.11 Å². The molecule has 1 N–H and O–H groups in total. The van der Waals surface area contributed by atoms with Crippen LogP contribution in [-0.2, 0) is 0 Å². The minimum Gasteiger partial charge on any atom is -0.476 e. The highest BCUT2D eigenvalue weighted by Gasteiger charge is 2.42. The Bertz CT molecular complexity index is 505. The molecule has 2 fully saturated rings. The summed E-state index contributed by atoms with van der Waals surface area (Å²) in [6.45, 7) is 6.64. The number of carboxylic acids is 1. The molecule has 110 valence electrons. The number of carbonyl (C=O) groups is 1. The molecule has 1 saturated carbocycles. The molecule has 1 aliphatic heterocycles. The summed E-state index contributed by atoms with van der Waals surface area (Å²) < 4.78 is 1.70. The number of aromatic nitrogens is 3. The molecule has 2 aliphatic rings. The van der Waals surface area contributed by atoms with Gasteiger partial charge in [-0.3, -0.25) is 4.90 Å². The van der Waals surface area contributed by atoms with E-state index >= 15 is 0 Å². The summed E-state index contributed by atoms with van der Waals surface area (Å²) in [5.41, 5.74) is 0.416. The maximum Gasteiger partial charge on any atom is 0.358 e. The van der Waals surface area contributed by atoms with E-state index in [1.807, 2.05) is 0 Å². The van der Waals surface area contributed by atoms with Crippen molar-refractivity contribution in [3.8, 4) is 0 Å². The van der Waals surface area contributed by atoms with Crippen molar-refractivity contribution in [2.45, 2.75) is 51.6 Å². The van der Waals surface area contributed by atoms with Crippen LogP contribution in [0, 0.1) is 5.41 Å². The zero-order chi connectivity index (χ0) is 14.3. The summed E-state index contributed by atoms with van der Waals surface area (Å²) in [6.07, 6.45) is 6.77. The SMILES string of the molecule is CC1(C)CCCCC1N1CC(n2cc(C(=O)O)nn2)C1. The van der Waals surface area contributed by atoms with Gasteiger partial charge in [-0.05, 0) is 18.3 Å². The van der Waals surface area contributed by atoms with Gasteiger partial charge in [-0.25, -0.2) is 9.48 Å². The minimum absolute atomic E-state index is 0.0291. The first kappa shape index (κ1) is 13.5. The van der Waals surface area contributed by atoms with E-state index in [1.165, 1.54) is 31.9 Å². The van der Waals surface area contributed by atoms with Crippen LogP contribution in [0.5, 0.6) is 0 Å². The molecule has 0 aromatic carbocycles. The van der Waals surface area contributed by atoms with Gasteiger partial charge in [-0.2, -0.15) is 0 Å². The second-order valence-corrected chi connectivity index (χ2v) is 6.75. The van der Waals surface area contributed by atoms with Gasteiger partial charge in [0.2, 0.25) is 0 Å². The molecule has 6 nitrogen and oxygen atoms in total. The largest absolute Gasteiger partial charge is 0.476 e. The van der Waals surface area contributed by atoms with Gasteiger partial charge < -0.3 is 5.11 Å². The van der Waals surface area contributed by atoms with Crippen molar-refractivity contribution < 1.29 is 9.90 Å². The van der Waals surface area contributed by atoms with E-state index in [1.54, 1.807) is 4.68 Å². The lowest BCUT2D eigenvalue weighted by atomic mass is 9.71. The Labute approximate surface area is 118 Å². The van der Waals surface area contributed by atoms with Crippen LogP contribution >= 0.6 is 0 Å². The number of hydrogen-bond acceptors (Lipinski definition) is 4. The van der Waals surface area contributed by atoms with E-state index in [0.29, 0.717) is 11.5 Å². The van der Waals surface area contributed by atoms with Gasteiger partial charge >= 0.3 is 5.97 Å². The van der Waals surface area contributed by atoms with Crippen molar-refractivity contribution in [2.75, 3.05) is 13.1 Å². The number of likely N-dealkylation sites (tertiary alicyclic amines) is 1. The van der Waals surface area contributed by atoms with E-state index in [2.05, 4.69) is 29.1 Å². The third-order valence-electron chi connectivity index (χ3n) is 4.89. The Morgan fingerprint density at radius 2 is 2.15 bits per heavy atom. The van der Waals surface area contributed by atoms with Gasteiger partial charge in [0, 0.05) is 19.1 Å². The van der Waals surface area contributed by atoms with Crippen molar-refractivity contribution in [3.05, 3.63) is 11.9 Å². The molecule has 0 spiro atoms. The Morgan fingerprint density at radius 3 is 2.75 bits per heavy atom. The third-order valence-corrected chi connectivity index (χ3v) is 4.89. The summed E-state index contributed by atoms with van der Waals surface area (Å²) in [7, 11) is 0. The van der Waals surface area contributed by atoms with E-state index in [9.17, 15) is 4.79 Å². The third kappa shape index (κ3) is 2.32. The molecule has 2 heterocycles. The summed E-state index contributed by atoms with van der Waals surface area (Å²) >= 11 is 0.